The fourth-order valence-corrected chi connectivity index (χ4v) is 2.46. The second-order valence-corrected chi connectivity index (χ2v) is 5.72. The van der Waals surface area contributed by atoms with Crippen LogP contribution in [0.25, 0.3) is 0 Å². The van der Waals surface area contributed by atoms with Crippen LogP contribution in [0.1, 0.15) is 18.1 Å². The Labute approximate surface area is 138 Å². The van der Waals surface area contributed by atoms with Gasteiger partial charge in [-0.05, 0) is 30.8 Å². The maximum absolute atomic E-state index is 5.21. The number of benzene rings is 2. The average molecular weight is 362 g/mol. The van der Waals surface area contributed by atoms with E-state index in [-0.39, 0.29) is 0 Å². The molecule has 0 amide bonds. The maximum atomic E-state index is 5.21. The molecule has 2 rings (SSSR count). The second kappa shape index (κ2) is 7.90. The van der Waals surface area contributed by atoms with E-state index in [1.165, 1.54) is 5.56 Å². The number of thiocarbonyl (C=S) groups is 1. The molecular weight excluding hydrogens is 346 g/mol. The summed E-state index contributed by atoms with van der Waals surface area (Å²) in [5.41, 5.74) is 5.94. The molecule has 3 nitrogen and oxygen atoms in total. The van der Waals surface area contributed by atoms with Crippen molar-refractivity contribution in [1.29, 1.82) is 0 Å². The molecule has 21 heavy (non-hydrogen) atoms. The molecule has 0 aliphatic rings. The van der Waals surface area contributed by atoms with E-state index in [2.05, 4.69) is 31.8 Å². The molecule has 0 heterocycles. The van der Waals surface area contributed by atoms with E-state index >= 15 is 0 Å². The summed E-state index contributed by atoms with van der Waals surface area (Å²) in [5, 5.41) is 7.93. The summed E-state index contributed by atoms with van der Waals surface area (Å²) in [6, 6.07) is 18.0. The molecule has 0 saturated carbocycles. The van der Waals surface area contributed by atoms with Crippen molar-refractivity contribution >= 4 is 39.0 Å². The smallest absolute Gasteiger partial charge is 0.187 e. The molecule has 0 unspecified atom stereocenters. The predicted molar refractivity (Wildman–Crippen MR) is 95.4 cm³/mol. The van der Waals surface area contributed by atoms with Gasteiger partial charge in [0.1, 0.15) is 0 Å². The van der Waals surface area contributed by atoms with Gasteiger partial charge in [-0.15, -0.1) is 0 Å². The summed E-state index contributed by atoms with van der Waals surface area (Å²) < 4.78 is 1.01. The Morgan fingerprint density at radius 2 is 1.76 bits per heavy atom. The van der Waals surface area contributed by atoms with Crippen LogP contribution in [0.15, 0.2) is 64.2 Å². The summed E-state index contributed by atoms with van der Waals surface area (Å²) in [6.07, 6.45) is 0. The number of halogens is 1. The molecule has 0 radical (unpaired) electrons. The summed E-state index contributed by atoms with van der Waals surface area (Å²) in [5.74, 6) is 0. The number of hydrogen-bond acceptors (Lipinski definition) is 2. The van der Waals surface area contributed by atoms with Crippen LogP contribution in [0.3, 0.4) is 0 Å². The largest absolute Gasteiger partial charge is 0.357 e. The van der Waals surface area contributed by atoms with Crippen LogP contribution in [0.4, 0.5) is 0 Å². The second-order valence-electron chi connectivity index (χ2n) is 4.46. The lowest BCUT2D eigenvalue weighted by molar-refractivity contribution is 0.866. The van der Waals surface area contributed by atoms with Gasteiger partial charge in [-0.1, -0.05) is 64.5 Å². The van der Waals surface area contributed by atoms with E-state index in [1.807, 2.05) is 61.5 Å². The molecular formula is C16H16BrN3S. The third kappa shape index (κ3) is 4.95. The first-order valence-corrected chi connectivity index (χ1v) is 7.74. The molecule has 0 bridgehead atoms. The Bertz CT molecular complexity index is 641. The number of nitrogens with one attached hydrogen (secondary N) is 2. The standard InChI is InChI=1S/C16H16BrN3S/c1-12(14-9-5-6-10-15(14)17)19-20-16(21)18-11-13-7-3-2-4-8-13/h2-10H,11H2,1H3,(H2,18,20,21)/b19-12+. The Hall–Kier alpha value is -1.72. The van der Waals surface area contributed by atoms with Gasteiger partial charge in [-0.3, -0.25) is 5.43 Å². The first-order valence-electron chi connectivity index (χ1n) is 6.54. The predicted octanol–water partition coefficient (Wildman–Crippen LogP) is 3.84. The van der Waals surface area contributed by atoms with Gasteiger partial charge in [0.15, 0.2) is 5.11 Å². The maximum Gasteiger partial charge on any atom is 0.187 e. The normalized spacial score (nSPS) is 11.0. The van der Waals surface area contributed by atoms with Gasteiger partial charge in [0, 0.05) is 16.6 Å². The molecule has 2 aromatic rings. The van der Waals surface area contributed by atoms with Crippen LogP contribution in [0.2, 0.25) is 0 Å². The minimum Gasteiger partial charge on any atom is -0.357 e. The van der Waals surface area contributed by atoms with Crippen LogP contribution < -0.4 is 10.7 Å². The molecule has 0 aliphatic carbocycles. The van der Waals surface area contributed by atoms with Gasteiger partial charge < -0.3 is 5.32 Å². The van der Waals surface area contributed by atoms with Crippen LogP contribution >= 0.6 is 28.1 Å². The van der Waals surface area contributed by atoms with Crippen LogP contribution in [-0.4, -0.2) is 10.8 Å². The molecule has 0 fully saturated rings. The Morgan fingerprint density at radius 1 is 1.10 bits per heavy atom. The molecule has 5 heteroatoms. The third-order valence-electron chi connectivity index (χ3n) is 2.88. The summed E-state index contributed by atoms with van der Waals surface area (Å²) >= 11 is 8.72. The molecule has 2 N–H and O–H groups in total. The minimum atomic E-state index is 0.505. The van der Waals surface area contributed by atoms with Crippen molar-refractivity contribution in [3.63, 3.8) is 0 Å². The summed E-state index contributed by atoms with van der Waals surface area (Å²) in [4.78, 5) is 0. The van der Waals surface area contributed by atoms with Crippen LogP contribution in [0, 0.1) is 0 Å². The van der Waals surface area contributed by atoms with Crippen molar-refractivity contribution in [1.82, 2.24) is 10.7 Å². The van der Waals surface area contributed by atoms with Gasteiger partial charge in [-0.25, -0.2) is 0 Å². The SMILES string of the molecule is C/C(=N\NC(=S)NCc1ccccc1)c1ccccc1Br. The quantitative estimate of drug-likeness (QED) is 0.493. The van der Waals surface area contributed by atoms with Crippen LogP contribution in [-0.2, 0) is 6.54 Å². The average Bonchev–Trinajstić information content (AvgIpc) is 2.52. The van der Waals surface area contributed by atoms with Crippen LogP contribution in [0.5, 0.6) is 0 Å². The van der Waals surface area contributed by atoms with Crippen molar-refractivity contribution in [2.45, 2.75) is 13.5 Å². The fraction of sp³-hybridized carbons (Fsp3) is 0.125. The molecule has 2 aromatic carbocycles. The van der Waals surface area contributed by atoms with Gasteiger partial charge in [0.2, 0.25) is 0 Å². The Morgan fingerprint density at radius 3 is 2.48 bits per heavy atom. The zero-order chi connectivity index (χ0) is 15.1. The minimum absolute atomic E-state index is 0.505. The lowest BCUT2D eigenvalue weighted by Gasteiger charge is -2.08. The van der Waals surface area contributed by atoms with Gasteiger partial charge in [0.05, 0.1) is 5.71 Å². The van der Waals surface area contributed by atoms with E-state index in [4.69, 9.17) is 12.2 Å². The highest BCUT2D eigenvalue weighted by molar-refractivity contribution is 9.10. The highest BCUT2D eigenvalue weighted by Crippen LogP contribution is 2.16. The highest BCUT2D eigenvalue weighted by atomic mass is 79.9. The first kappa shape index (κ1) is 15.7. The number of hydrazone groups is 1. The van der Waals surface area contributed by atoms with Gasteiger partial charge in [-0.2, -0.15) is 5.10 Å². The van der Waals surface area contributed by atoms with E-state index in [9.17, 15) is 0 Å². The topological polar surface area (TPSA) is 36.4 Å². The summed E-state index contributed by atoms with van der Waals surface area (Å²) in [6.45, 7) is 2.61. The highest BCUT2D eigenvalue weighted by Gasteiger charge is 2.02. The van der Waals surface area contributed by atoms with E-state index in [1.54, 1.807) is 0 Å². The van der Waals surface area contributed by atoms with Crippen molar-refractivity contribution < 1.29 is 0 Å². The molecule has 0 spiro atoms. The third-order valence-corrected chi connectivity index (χ3v) is 3.81. The first-order chi connectivity index (χ1) is 10.2. The lowest BCUT2D eigenvalue weighted by Crippen LogP contribution is -2.32. The number of hydrogen-bond donors (Lipinski definition) is 2. The molecule has 0 atom stereocenters. The molecule has 0 aromatic heterocycles. The summed E-state index contributed by atoms with van der Waals surface area (Å²) in [7, 11) is 0. The van der Waals surface area contributed by atoms with E-state index < -0.39 is 0 Å². The lowest BCUT2D eigenvalue weighted by atomic mass is 10.1. The Balaban J connectivity index is 1.88. The Kier molecular flexibility index (Phi) is 5.90. The zero-order valence-electron chi connectivity index (χ0n) is 11.6. The van der Waals surface area contributed by atoms with E-state index in [0.29, 0.717) is 11.7 Å². The number of nitrogens with zero attached hydrogens (tertiary/aromatic N) is 1. The fourth-order valence-electron chi connectivity index (χ4n) is 1.77. The van der Waals surface area contributed by atoms with Crippen molar-refractivity contribution in [3.8, 4) is 0 Å². The van der Waals surface area contributed by atoms with Crippen molar-refractivity contribution in [2.24, 2.45) is 5.10 Å². The van der Waals surface area contributed by atoms with Gasteiger partial charge in [0.25, 0.3) is 0 Å². The monoisotopic (exact) mass is 361 g/mol. The van der Waals surface area contributed by atoms with Crippen molar-refractivity contribution in [2.75, 3.05) is 0 Å². The van der Waals surface area contributed by atoms with Gasteiger partial charge >= 0.3 is 0 Å². The molecule has 0 aliphatic heterocycles. The zero-order valence-corrected chi connectivity index (χ0v) is 14.0. The van der Waals surface area contributed by atoms with Crippen molar-refractivity contribution in [3.05, 3.63) is 70.2 Å². The van der Waals surface area contributed by atoms with E-state index in [0.717, 1.165) is 15.7 Å². The molecule has 0 saturated heterocycles. The number of rotatable bonds is 4. The molecule has 108 valence electrons.